The molecule has 2 aliphatic rings. The first-order valence-corrected chi connectivity index (χ1v) is 9.16. The van der Waals surface area contributed by atoms with Crippen molar-refractivity contribution in [3.05, 3.63) is 53.2 Å². The van der Waals surface area contributed by atoms with Gasteiger partial charge in [-0.05, 0) is 55.7 Å². The van der Waals surface area contributed by atoms with Gasteiger partial charge in [-0.15, -0.1) is 0 Å². The molecule has 0 bridgehead atoms. The predicted octanol–water partition coefficient (Wildman–Crippen LogP) is 3.35. The SMILES string of the molecule is O=C(O)c1cccc(CC2CCN(C(=O)c3ncoc3C3CC3)CC2)c1. The molecule has 0 unspecified atom stereocenters. The van der Waals surface area contributed by atoms with Gasteiger partial charge in [-0.25, -0.2) is 9.78 Å². The van der Waals surface area contributed by atoms with Crippen molar-refractivity contribution in [2.24, 2.45) is 5.92 Å². The van der Waals surface area contributed by atoms with Crippen molar-refractivity contribution >= 4 is 11.9 Å². The second-order valence-electron chi connectivity index (χ2n) is 7.28. The summed E-state index contributed by atoms with van der Waals surface area (Å²) < 4.78 is 5.42. The number of amides is 1. The Labute approximate surface area is 151 Å². The molecule has 1 saturated heterocycles. The number of carboxylic acid groups (broad SMARTS) is 1. The van der Waals surface area contributed by atoms with E-state index in [-0.39, 0.29) is 5.91 Å². The highest BCUT2D eigenvalue weighted by Crippen LogP contribution is 2.41. The molecule has 2 aromatic rings. The van der Waals surface area contributed by atoms with Crippen LogP contribution in [-0.4, -0.2) is 40.0 Å². The summed E-state index contributed by atoms with van der Waals surface area (Å²) in [6, 6.07) is 7.13. The minimum absolute atomic E-state index is 0.0213. The lowest BCUT2D eigenvalue weighted by molar-refractivity contribution is 0.0676. The highest BCUT2D eigenvalue weighted by molar-refractivity contribution is 5.93. The van der Waals surface area contributed by atoms with E-state index in [1.54, 1.807) is 18.2 Å². The molecule has 1 amide bonds. The number of carbonyl (C=O) groups excluding carboxylic acids is 1. The Morgan fingerprint density at radius 3 is 2.65 bits per heavy atom. The second-order valence-corrected chi connectivity index (χ2v) is 7.28. The van der Waals surface area contributed by atoms with Gasteiger partial charge in [0, 0.05) is 19.0 Å². The van der Waals surface area contributed by atoms with Crippen LogP contribution >= 0.6 is 0 Å². The normalized spacial score (nSPS) is 18.1. The van der Waals surface area contributed by atoms with E-state index in [0.29, 0.717) is 36.2 Å². The van der Waals surface area contributed by atoms with Gasteiger partial charge >= 0.3 is 5.97 Å². The van der Waals surface area contributed by atoms with Gasteiger partial charge < -0.3 is 14.4 Å². The molecule has 2 heterocycles. The lowest BCUT2D eigenvalue weighted by Crippen LogP contribution is -2.39. The Bertz CT molecular complexity index is 817. The van der Waals surface area contributed by atoms with Gasteiger partial charge in [-0.3, -0.25) is 4.79 Å². The molecule has 1 aromatic carbocycles. The highest BCUT2D eigenvalue weighted by Gasteiger charge is 2.34. The number of hydrogen-bond acceptors (Lipinski definition) is 4. The molecule has 136 valence electrons. The third-order valence-electron chi connectivity index (χ3n) is 5.35. The molecule has 6 heteroatoms. The van der Waals surface area contributed by atoms with Gasteiger partial charge in [-0.2, -0.15) is 0 Å². The fourth-order valence-electron chi connectivity index (χ4n) is 3.71. The Balaban J connectivity index is 1.35. The monoisotopic (exact) mass is 354 g/mol. The fourth-order valence-corrected chi connectivity index (χ4v) is 3.71. The largest absolute Gasteiger partial charge is 0.478 e. The summed E-state index contributed by atoms with van der Waals surface area (Å²) >= 11 is 0. The van der Waals surface area contributed by atoms with E-state index < -0.39 is 5.97 Å². The Kier molecular flexibility index (Phi) is 4.49. The highest BCUT2D eigenvalue weighted by atomic mass is 16.4. The second kappa shape index (κ2) is 6.94. The van der Waals surface area contributed by atoms with Gasteiger partial charge in [0.1, 0.15) is 5.76 Å². The number of carboxylic acids is 1. The smallest absolute Gasteiger partial charge is 0.335 e. The topological polar surface area (TPSA) is 83.6 Å². The molecule has 1 aromatic heterocycles. The zero-order valence-electron chi connectivity index (χ0n) is 14.6. The maximum atomic E-state index is 12.7. The zero-order chi connectivity index (χ0) is 18.1. The zero-order valence-corrected chi connectivity index (χ0v) is 14.6. The first kappa shape index (κ1) is 16.8. The summed E-state index contributed by atoms with van der Waals surface area (Å²) in [6.45, 7) is 1.41. The van der Waals surface area contributed by atoms with Crippen LogP contribution in [0.3, 0.4) is 0 Å². The first-order chi connectivity index (χ1) is 12.6. The minimum atomic E-state index is -0.897. The van der Waals surface area contributed by atoms with Crippen LogP contribution in [0.1, 0.15) is 63.8 Å². The van der Waals surface area contributed by atoms with Crippen LogP contribution in [0.15, 0.2) is 35.1 Å². The van der Waals surface area contributed by atoms with Crippen LogP contribution in [0.5, 0.6) is 0 Å². The number of likely N-dealkylation sites (tertiary alicyclic amines) is 1. The van der Waals surface area contributed by atoms with Crippen LogP contribution in [-0.2, 0) is 6.42 Å². The number of piperidine rings is 1. The third-order valence-corrected chi connectivity index (χ3v) is 5.35. The summed E-state index contributed by atoms with van der Waals surface area (Å²) in [6.07, 6.45) is 6.21. The van der Waals surface area contributed by atoms with E-state index in [0.717, 1.165) is 43.4 Å². The summed E-state index contributed by atoms with van der Waals surface area (Å²) in [5, 5.41) is 9.11. The molecule has 1 aliphatic heterocycles. The molecular formula is C20H22N2O4. The van der Waals surface area contributed by atoms with Gasteiger partial charge in [0.2, 0.25) is 0 Å². The molecule has 1 N–H and O–H groups in total. The number of aromatic nitrogens is 1. The number of rotatable bonds is 5. The molecule has 4 rings (SSSR count). The number of nitrogens with zero attached hydrogens (tertiary/aromatic N) is 2. The van der Waals surface area contributed by atoms with Crippen molar-refractivity contribution in [1.82, 2.24) is 9.88 Å². The summed E-state index contributed by atoms with van der Waals surface area (Å²) in [7, 11) is 0. The first-order valence-electron chi connectivity index (χ1n) is 9.16. The number of carbonyl (C=O) groups is 2. The lowest BCUT2D eigenvalue weighted by atomic mass is 9.89. The molecule has 6 nitrogen and oxygen atoms in total. The number of hydrogen-bond donors (Lipinski definition) is 1. The third kappa shape index (κ3) is 3.49. The van der Waals surface area contributed by atoms with Crippen molar-refractivity contribution in [2.75, 3.05) is 13.1 Å². The van der Waals surface area contributed by atoms with Crippen LogP contribution in [0.2, 0.25) is 0 Å². The van der Waals surface area contributed by atoms with Gasteiger partial charge in [0.15, 0.2) is 12.1 Å². The molecule has 1 aliphatic carbocycles. The van der Waals surface area contributed by atoms with E-state index in [2.05, 4.69) is 4.98 Å². The number of oxazole rings is 1. The standard InChI is InChI=1S/C20H22N2O4/c23-19(17-18(15-4-5-15)26-12-21-17)22-8-6-13(7-9-22)10-14-2-1-3-16(11-14)20(24)25/h1-3,11-13,15H,4-10H2,(H,24,25). The number of aromatic carboxylic acids is 1. The van der Waals surface area contributed by atoms with Crippen molar-refractivity contribution in [3.8, 4) is 0 Å². The van der Waals surface area contributed by atoms with Gasteiger partial charge in [0.05, 0.1) is 5.56 Å². The Morgan fingerprint density at radius 1 is 1.19 bits per heavy atom. The van der Waals surface area contributed by atoms with E-state index in [1.807, 2.05) is 11.0 Å². The van der Waals surface area contributed by atoms with E-state index in [1.165, 1.54) is 6.39 Å². The van der Waals surface area contributed by atoms with Crippen LogP contribution in [0.4, 0.5) is 0 Å². The minimum Gasteiger partial charge on any atom is -0.478 e. The summed E-state index contributed by atoms with van der Waals surface area (Å²) in [5.41, 5.74) is 1.86. The molecule has 0 spiro atoms. The van der Waals surface area contributed by atoms with Gasteiger partial charge in [-0.1, -0.05) is 12.1 Å². The maximum absolute atomic E-state index is 12.7. The quantitative estimate of drug-likeness (QED) is 0.890. The van der Waals surface area contributed by atoms with Crippen molar-refractivity contribution in [2.45, 2.75) is 38.0 Å². The Hall–Kier alpha value is -2.63. The molecule has 26 heavy (non-hydrogen) atoms. The van der Waals surface area contributed by atoms with Gasteiger partial charge in [0.25, 0.3) is 5.91 Å². The average Bonchev–Trinajstić information content (AvgIpc) is 3.38. The van der Waals surface area contributed by atoms with Crippen LogP contribution in [0, 0.1) is 5.92 Å². The summed E-state index contributed by atoms with van der Waals surface area (Å²) in [5.74, 6) is 0.666. The molecule has 1 saturated carbocycles. The van der Waals surface area contributed by atoms with E-state index in [4.69, 9.17) is 9.52 Å². The predicted molar refractivity (Wildman–Crippen MR) is 94.2 cm³/mol. The molecule has 0 radical (unpaired) electrons. The summed E-state index contributed by atoms with van der Waals surface area (Å²) in [4.78, 5) is 29.9. The van der Waals surface area contributed by atoms with Crippen LogP contribution < -0.4 is 0 Å². The van der Waals surface area contributed by atoms with Crippen molar-refractivity contribution in [3.63, 3.8) is 0 Å². The Morgan fingerprint density at radius 2 is 1.96 bits per heavy atom. The van der Waals surface area contributed by atoms with E-state index >= 15 is 0 Å². The lowest BCUT2D eigenvalue weighted by Gasteiger charge is -2.31. The van der Waals surface area contributed by atoms with Crippen molar-refractivity contribution < 1.29 is 19.1 Å². The average molecular weight is 354 g/mol. The molecule has 2 fully saturated rings. The molecular weight excluding hydrogens is 332 g/mol. The number of benzene rings is 1. The molecule has 0 atom stereocenters. The van der Waals surface area contributed by atoms with Crippen molar-refractivity contribution in [1.29, 1.82) is 0 Å². The maximum Gasteiger partial charge on any atom is 0.335 e. The fraction of sp³-hybridized carbons (Fsp3) is 0.450. The van der Waals surface area contributed by atoms with E-state index in [9.17, 15) is 9.59 Å². The van der Waals surface area contributed by atoms with Crippen LogP contribution in [0.25, 0.3) is 0 Å².